The fourth-order valence-electron chi connectivity index (χ4n) is 2.93. The first-order valence-electron chi connectivity index (χ1n) is 7.19. The summed E-state index contributed by atoms with van der Waals surface area (Å²) in [7, 11) is 0. The Hall–Kier alpha value is -1.62. The Labute approximate surface area is 112 Å². The minimum absolute atomic E-state index is 0.544. The number of piperidine rings is 1. The zero-order chi connectivity index (χ0) is 12.7. The van der Waals surface area contributed by atoms with Crippen LogP contribution in [0.2, 0.25) is 0 Å². The number of nitrogens with one attached hydrogen (secondary N) is 1. The van der Waals surface area contributed by atoms with Gasteiger partial charge in [-0.15, -0.1) is 0 Å². The Morgan fingerprint density at radius 1 is 1.11 bits per heavy atom. The highest BCUT2D eigenvalue weighted by molar-refractivity contribution is 5.31. The molecule has 0 amide bonds. The van der Waals surface area contributed by atoms with Crippen LogP contribution in [0.4, 0.5) is 0 Å². The third-order valence-electron chi connectivity index (χ3n) is 4.21. The van der Waals surface area contributed by atoms with Crippen LogP contribution in [0.5, 0.6) is 0 Å². The van der Waals surface area contributed by atoms with E-state index in [1.54, 1.807) is 0 Å². The van der Waals surface area contributed by atoms with Crippen molar-refractivity contribution in [1.82, 2.24) is 24.6 Å². The average Bonchev–Trinajstić information content (AvgIpc) is 3.01. The van der Waals surface area contributed by atoms with E-state index in [0.29, 0.717) is 12.0 Å². The third-order valence-corrected chi connectivity index (χ3v) is 4.21. The molecule has 0 spiro atoms. The molecule has 1 saturated heterocycles. The van der Waals surface area contributed by atoms with Crippen LogP contribution in [0, 0.1) is 0 Å². The number of nitrogens with zero attached hydrogens (tertiary/aromatic N) is 4. The molecule has 4 rings (SSSR count). The van der Waals surface area contributed by atoms with E-state index in [1.165, 1.54) is 31.4 Å². The second-order valence-electron chi connectivity index (χ2n) is 5.62. The molecular formula is C14H19N5. The summed E-state index contributed by atoms with van der Waals surface area (Å²) in [6, 6.07) is 0.544. The Morgan fingerprint density at radius 3 is 2.74 bits per heavy atom. The lowest BCUT2D eigenvalue weighted by Gasteiger charge is -2.22. The SMILES string of the molecule is c1nn(C2CCNCC2)cc1-n1cncc1C1CC1. The maximum absolute atomic E-state index is 4.56. The molecule has 0 atom stereocenters. The zero-order valence-electron chi connectivity index (χ0n) is 11.0. The Bertz CT molecular complexity index is 560. The van der Waals surface area contributed by atoms with Gasteiger partial charge in [-0.05, 0) is 38.8 Å². The van der Waals surface area contributed by atoms with Gasteiger partial charge in [0.05, 0.1) is 24.3 Å². The van der Waals surface area contributed by atoms with E-state index >= 15 is 0 Å². The minimum Gasteiger partial charge on any atom is -0.317 e. The van der Waals surface area contributed by atoms with Gasteiger partial charge in [-0.3, -0.25) is 9.25 Å². The molecule has 19 heavy (non-hydrogen) atoms. The molecule has 100 valence electrons. The summed E-state index contributed by atoms with van der Waals surface area (Å²) in [6.07, 6.45) is 13.0. The minimum atomic E-state index is 0.544. The highest BCUT2D eigenvalue weighted by Crippen LogP contribution is 2.40. The summed E-state index contributed by atoms with van der Waals surface area (Å²) in [5, 5.41) is 7.95. The summed E-state index contributed by atoms with van der Waals surface area (Å²) >= 11 is 0. The summed E-state index contributed by atoms with van der Waals surface area (Å²) < 4.78 is 4.33. The molecule has 1 aliphatic heterocycles. The lowest BCUT2D eigenvalue weighted by Crippen LogP contribution is -2.29. The summed E-state index contributed by atoms with van der Waals surface area (Å²) in [4.78, 5) is 4.30. The van der Waals surface area contributed by atoms with Crippen LogP contribution in [0.15, 0.2) is 24.9 Å². The standard InChI is InChI=1S/C14H19N5/c1-2-11(1)14-8-16-10-18(14)13-7-17-19(9-13)12-3-5-15-6-4-12/h7-12,15H,1-6H2. The summed E-state index contributed by atoms with van der Waals surface area (Å²) in [6.45, 7) is 2.19. The first-order chi connectivity index (χ1) is 9.42. The predicted molar refractivity (Wildman–Crippen MR) is 72.5 cm³/mol. The number of hydrogen-bond donors (Lipinski definition) is 1. The van der Waals surface area contributed by atoms with Gasteiger partial charge >= 0.3 is 0 Å². The average molecular weight is 257 g/mol. The van der Waals surface area contributed by atoms with Crippen molar-refractivity contribution in [3.05, 3.63) is 30.6 Å². The largest absolute Gasteiger partial charge is 0.317 e. The predicted octanol–water partition coefficient (Wildman–Crippen LogP) is 1.87. The molecule has 5 nitrogen and oxygen atoms in total. The van der Waals surface area contributed by atoms with Crippen LogP contribution in [0.3, 0.4) is 0 Å². The molecule has 2 aliphatic rings. The van der Waals surface area contributed by atoms with Crippen LogP contribution >= 0.6 is 0 Å². The first-order valence-corrected chi connectivity index (χ1v) is 7.19. The van der Waals surface area contributed by atoms with Gasteiger partial charge in [-0.2, -0.15) is 5.10 Å². The third kappa shape index (κ3) is 2.08. The van der Waals surface area contributed by atoms with Crippen LogP contribution in [0.1, 0.15) is 43.3 Å². The maximum Gasteiger partial charge on any atom is 0.0995 e. The molecule has 2 aromatic heterocycles. The summed E-state index contributed by atoms with van der Waals surface area (Å²) in [5.41, 5.74) is 2.49. The van der Waals surface area contributed by atoms with Crippen LogP contribution in [0.25, 0.3) is 5.69 Å². The van der Waals surface area contributed by atoms with Crippen LogP contribution in [-0.4, -0.2) is 32.4 Å². The van der Waals surface area contributed by atoms with Crippen molar-refractivity contribution in [2.75, 3.05) is 13.1 Å². The molecule has 0 bridgehead atoms. The summed E-state index contributed by atoms with van der Waals surface area (Å²) in [5.74, 6) is 0.713. The Balaban J connectivity index is 1.61. The van der Waals surface area contributed by atoms with Gasteiger partial charge in [0.25, 0.3) is 0 Å². The van der Waals surface area contributed by atoms with Crippen molar-refractivity contribution >= 4 is 0 Å². The van der Waals surface area contributed by atoms with Crippen LogP contribution in [-0.2, 0) is 0 Å². The molecule has 1 aliphatic carbocycles. The van der Waals surface area contributed by atoms with Gasteiger partial charge in [-0.25, -0.2) is 4.98 Å². The molecule has 0 unspecified atom stereocenters. The van der Waals surface area contributed by atoms with Gasteiger partial charge in [-0.1, -0.05) is 0 Å². The van der Waals surface area contributed by atoms with E-state index in [4.69, 9.17) is 0 Å². The van der Waals surface area contributed by atoms with Crippen molar-refractivity contribution in [3.63, 3.8) is 0 Å². The van der Waals surface area contributed by atoms with Gasteiger partial charge in [0.1, 0.15) is 0 Å². The lowest BCUT2D eigenvalue weighted by atomic mass is 10.1. The van der Waals surface area contributed by atoms with Crippen molar-refractivity contribution in [1.29, 1.82) is 0 Å². The highest BCUT2D eigenvalue weighted by Gasteiger charge is 2.27. The maximum atomic E-state index is 4.56. The molecule has 3 heterocycles. The monoisotopic (exact) mass is 257 g/mol. The first kappa shape index (κ1) is 11.2. The molecule has 2 fully saturated rings. The molecule has 1 saturated carbocycles. The zero-order valence-corrected chi connectivity index (χ0v) is 11.0. The van der Waals surface area contributed by atoms with E-state index in [2.05, 4.69) is 30.8 Å². The Morgan fingerprint density at radius 2 is 1.95 bits per heavy atom. The topological polar surface area (TPSA) is 47.7 Å². The fraction of sp³-hybridized carbons (Fsp3) is 0.571. The number of hydrogen-bond acceptors (Lipinski definition) is 3. The van der Waals surface area contributed by atoms with Gasteiger partial charge in [0.2, 0.25) is 0 Å². The molecule has 0 aromatic carbocycles. The van der Waals surface area contributed by atoms with Gasteiger partial charge in [0.15, 0.2) is 0 Å². The van der Waals surface area contributed by atoms with E-state index in [1.807, 2.05) is 18.7 Å². The van der Waals surface area contributed by atoms with Crippen molar-refractivity contribution in [2.45, 2.75) is 37.6 Å². The van der Waals surface area contributed by atoms with Crippen molar-refractivity contribution < 1.29 is 0 Å². The fourth-order valence-corrected chi connectivity index (χ4v) is 2.93. The molecule has 5 heteroatoms. The second kappa shape index (κ2) is 4.49. The smallest absolute Gasteiger partial charge is 0.0995 e. The molecule has 2 aromatic rings. The number of rotatable bonds is 3. The molecule has 0 radical (unpaired) electrons. The number of aromatic nitrogens is 4. The van der Waals surface area contributed by atoms with E-state index < -0.39 is 0 Å². The quantitative estimate of drug-likeness (QED) is 0.913. The second-order valence-corrected chi connectivity index (χ2v) is 5.62. The number of imidazole rings is 1. The van der Waals surface area contributed by atoms with Crippen LogP contribution < -0.4 is 5.32 Å². The molecule has 1 N–H and O–H groups in total. The highest BCUT2D eigenvalue weighted by atomic mass is 15.3. The van der Waals surface area contributed by atoms with E-state index in [9.17, 15) is 0 Å². The van der Waals surface area contributed by atoms with E-state index in [0.717, 1.165) is 18.8 Å². The normalized spacial score (nSPS) is 20.8. The Kier molecular flexibility index (Phi) is 2.65. The van der Waals surface area contributed by atoms with Crippen molar-refractivity contribution in [2.24, 2.45) is 0 Å². The van der Waals surface area contributed by atoms with Gasteiger partial charge in [0, 0.05) is 24.0 Å². The lowest BCUT2D eigenvalue weighted by molar-refractivity contribution is 0.343. The van der Waals surface area contributed by atoms with E-state index in [-0.39, 0.29) is 0 Å². The van der Waals surface area contributed by atoms with Crippen molar-refractivity contribution in [3.8, 4) is 5.69 Å². The van der Waals surface area contributed by atoms with Gasteiger partial charge < -0.3 is 5.32 Å². The molecular weight excluding hydrogens is 238 g/mol.